The van der Waals surface area contributed by atoms with Crippen molar-refractivity contribution in [2.24, 2.45) is 0 Å². The molecule has 0 bridgehead atoms. The molecule has 5 nitrogen and oxygen atoms in total. The van der Waals surface area contributed by atoms with Gasteiger partial charge in [-0.15, -0.1) is 0 Å². The maximum atomic E-state index is 11.0. The number of esters is 1. The molecule has 0 radical (unpaired) electrons. The number of ether oxygens (including phenoxy) is 1. The van der Waals surface area contributed by atoms with Crippen LogP contribution in [0.2, 0.25) is 0 Å². The SMILES string of the molecule is COC(=O)CCCCCNc1ncnc2ccccc12. The van der Waals surface area contributed by atoms with E-state index in [9.17, 15) is 4.79 Å². The van der Waals surface area contributed by atoms with Crippen LogP contribution in [-0.4, -0.2) is 29.6 Å². The van der Waals surface area contributed by atoms with Crippen LogP contribution < -0.4 is 5.32 Å². The fourth-order valence-corrected chi connectivity index (χ4v) is 2.03. The predicted molar refractivity (Wildman–Crippen MR) is 78.5 cm³/mol. The zero-order valence-electron chi connectivity index (χ0n) is 11.6. The summed E-state index contributed by atoms with van der Waals surface area (Å²) in [5, 5.41) is 4.35. The molecular weight excluding hydrogens is 254 g/mol. The van der Waals surface area contributed by atoms with Gasteiger partial charge < -0.3 is 10.1 Å². The number of hydrogen-bond acceptors (Lipinski definition) is 5. The fraction of sp³-hybridized carbons (Fsp3) is 0.400. The van der Waals surface area contributed by atoms with Crippen molar-refractivity contribution in [3.05, 3.63) is 30.6 Å². The van der Waals surface area contributed by atoms with Crippen molar-refractivity contribution in [3.63, 3.8) is 0 Å². The Bertz CT molecular complexity index is 567. The Morgan fingerprint density at radius 3 is 2.90 bits per heavy atom. The van der Waals surface area contributed by atoms with Gasteiger partial charge in [0.05, 0.1) is 12.6 Å². The molecule has 0 saturated carbocycles. The van der Waals surface area contributed by atoms with Crippen LogP contribution in [0.3, 0.4) is 0 Å². The first-order valence-electron chi connectivity index (χ1n) is 6.81. The van der Waals surface area contributed by atoms with Crippen LogP contribution in [0, 0.1) is 0 Å². The summed E-state index contributed by atoms with van der Waals surface area (Å²) in [7, 11) is 1.42. The first kappa shape index (κ1) is 14.2. The Morgan fingerprint density at radius 1 is 1.20 bits per heavy atom. The Kier molecular flexibility index (Phi) is 5.29. The van der Waals surface area contributed by atoms with Crippen molar-refractivity contribution >= 4 is 22.7 Å². The Balaban J connectivity index is 1.77. The number of para-hydroxylation sites is 1. The van der Waals surface area contributed by atoms with E-state index in [2.05, 4.69) is 20.0 Å². The molecule has 0 aliphatic rings. The van der Waals surface area contributed by atoms with Crippen molar-refractivity contribution < 1.29 is 9.53 Å². The van der Waals surface area contributed by atoms with Gasteiger partial charge in [-0.05, 0) is 25.0 Å². The highest BCUT2D eigenvalue weighted by Gasteiger charge is 2.02. The second kappa shape index (κ2) is 7.43. The first-order valence-corrected chi connectivity index (χ1v) is 6.81. The molecule has 5 heteroatoms. The number of anilines is 1. The molecule has 0 unspecified atom stereocenters. The summed E-state index contributed by atoms with van der Waals surface area (Å²) in [4.78, 5) is 19.5. The molecule has 0 amide bonds. The predicted octanol–water partition coefficient (Wildman–Crippen LogP) is 2.78. The van der Waals surface area contributed by atoms with E-state index in [4.69, 9.17) is 0 Å². The van der Waals surface area contributed by atoms with Gasteiger partial charge in [0.25, 0.3) is 0 Å². The van der Waals surface area contributed by atoms with Gasteiger partial charge in [-0.1, -0.05) is 18.6 Å². The third-order valence-electron chi connectivity index (χ3n) is 3.12. The van der Waals surface area contributed by atoms with Crippen LogP contribution in [0.5, 0.6) is 0 Å². The molecule has 106 valence electrons. The number of aromatic nitrogens is 2. The average molecular weight is 273 g/mol. The van der Waals surface area contributed by atoms with E-state index < -0.39 is 0 Å². The Morgan fingerprint density at radius 2 is 2.05 bits per heavy atom. The highest BCUT2D eigenvalue weighted by atomic mass is 16.5. The second-order valence-electron chi connectivity index (χ2n) is 4.55. The van der Waals surface area contributed by atoms with Gasteiger partial charge >= 0.3 is 5.97 Å². The first-order chi connectivity index (χ1) is 9.81. The molecule has 0 spiro atoms. The van der Waals surface area contributed by atoms with Crippen molar-refractivity contribution in [1.82, 2.24) is 9.97 Å². The number of unbranched alkanes of at least 4 members (excludes halogenated alkanes) is 2. The minimum Gasteiger partial charge on any atom is -0.469 e. The van der Waals surface area contributed by atoms with Gasteiger partial charge in [0, 0.05) is 18.4 Å². The van der Waals surface area contributed by atoms with E-state index in [1.165, 1.54) is 7.11 Å². The number of hydrogen-bond donors (Lipinski definition) is 1. The summed E-state index contributed by atoms with van der Waals surface area (Å²) in [5.74, 6) is 0.725. The molecule has 0 aliphatic carbocycles. The van der Waals surface area contributed by atoms with Crippen LogP contribution in [0.25, 0.3) is 10.9 Å². The standard InChI is InChI=1S/C15H19N3O2/c1-20-14(19)9-3-2-6-10-16-15-12-7-4-5-8-13(12)17-11-18-15/h4-5,7-8,11H,2-3,6,9-10H2,1H3,(H,16,17,18). The van der Waals surface area contributed by atoms with Crippen LogP contribution in [0.15, 0.2) is 30.6 Å². The lowest BCUT2D eigenvalue weighted by atomic mass is 10.2. The molecule has 0 fully saturated rings. The molecule has 1 aromatic heterocycles. The van der Waals surface area contributed by atoms with Crippen molar-refractivity contribution in [2.45, 2.75) is 25.7 Å². The van der Waals surface area contributed by atoms with Crippen molar-refractivity contribution in [2.75, 3.05) is 19.0 Å². The molecule has 2 aromatic rings. The van der Waals surface area contributed by atoms with Gasteiger partial charge in [-0.3, -0.25) is 4.79 Å². The summed E-state index contributed by atoms with van der Waals surface area (Å²) in [6.45, 7) is 0.835. The topological polar surface area (TPSA) is 64.1 Å². The quantitative estimate of drug-likeness (QED) is 0.620. The van der Waals surface area contributed by atoms with Crippen molar-refractivity contribution in [1.29, 1.82) is 0 Å². The van der Waals surface area contributed by atoms with E-state index in [1.54, 1.807) is 6.33 Å². The van der Waals surface area contributed by atoms with E-state index >= 15 is 0 Å². The summed E-state index contributed by atoms with van der Waals surface area (Å²) in [5.41, 5.74) is 0.940. The van der Waals surface area contributed by atoms with E-state index in [0.29, 0.717) is 6.42 Å². The summed E-state index contributed by atoms with van der Waals surface area (Å²) < 4.78 is 4.60. The Labute approximate surface area is 118 Å². The van der Waals surface area contributed by atoms with E-state index in [0.717, 1.165) is 42.5 Å². The molecule has 1 N–H and O–H groups in total. The molecule has 1 heterocycles. The summed E-state index contributed by atoms with van der Waals surface area (Å²) in [6, 6.07) is 7.92. The normalized spacial score (nSPS) is 10.4. The van der Waals surface area contributed by atoms with Crippen LogP contribution in [-0.2, 0) is 9.53 Å². The number of carbonyl (C=O) groups excluding carboxylic acids is 1. The monoisotopic (exact) mass is 273 g/mol. The van der Waals surface area contributed by atoms with E-state index in [-0.39, 0.29) is 5.97 Å². The second-order valence-corrected chi connectivity index (χ2v) is 4.55. The van der Waals surface area contributed by atoms with Gasteiger partial charge in [-0.25, -0.2) is 9.97 Å². The number of rotatable bonds is 7. The molecule has 0 aliphatic heterocycles. The van der Waals surface area contributed by atoms with Gasteiger partial charge in [0.1, 0.15) is 12.1 Å². The fourth-order valence-electron chi connectivity index (χ4n) is 2.03. The number of carbonyl (C=O) groups is 1. The maximum Gasteiger partial charge on any atom is 0.305 e. The van der Waals surface area contributed by atoms with Crippen LogP contribution in [0.1, 0.15) is 25.7 Å². The molecule has 1 aromatic carbocycles. The lowest BCUT2D eigenvalue weighted by Crippen LogP contribution is -2.05. The maximum absolute atomic E-state index is 11.0. The van der Waals surface area contributed by atoms with Gasteiger partial charge in [-0.2, -0.15) is 0 Å². The smallest absolute Gasteiger partial charge is 0.305 e. The molecule has 20 heavy (non-hydrogen) atoms. The van der Waals surface area contributed by atoms with Crippen LogP contribution >= 0.6 is 0 Å². The largest absolute Gasteiger partial charge is 0.469 e. The van der Waals surface area contributed by atoms with Gasteiger partial charge in [0.15, 0.2) is 0 Å². The molecule has 0 saturated heterocycles. The number of nitrogens with one attached hydrogen (secondary N) is 1. The average Bonchev–Trinajstić information content (AvgIpc) is 2.50. The number of methoxy groups -OCH3 is 1. The number of benzene rings is 1. The van der Waals surface area contributed by atoms with E-state index in [1.807, 2.05) is 24.3 Å². The molecular formula is C15H19N3O2. The van der Waals surface area contributed by atoms with Crippen molar-refractivity contribution in [3.8, 4) is 0 Å². The lowest BCUT2D eigenvalue weighted by molar-refractivity contribution is -0.140. The Hall–Kier alpha value is -2.17. The van der Waals surface area contributed by atoms with Crippen LogP contribution in [0.4, 0.5) is 5.82 Å². The zero-order chi connectivity index (χ0) is 14.2. The highest BCUT2D eigenvalue weighted by molar-refractivity contribution is 5.88. The summed E-state index contributed by atoms with van der Waals surface area (Å²) >= 11 is 0. The molecule has 0 atom stereocenters. The zero-order valence-corrected chi connectivity index (χ0v) is 11.6. The minimum atomic E-state index is -0.139. The number of fused-ring (bicyclic) bond motifs is 1. The minimum absolute atomic E-state index is 0.139. The third-order valence-corrected chi connectivity index (χ3v) is 3.12. The summed E-state index contributed by atoms with van der Waals surface area (Å²) in [6.07, 6.45) is 4.91. The number of nitrogens with zero attached hydrogens (tertiary/aromatic N) is 2. The highest BCUT2D eigenvalue weighted by Crippen LogP contribution is 2.18. The lowest BCUT2D eigenvalue weighted by Gasteiger charge is -2.07. The van der Waals surface area contributed by atoms with Gasteiger partial charge in [0.2, 0.25) is 0 Å². The molecule has 2 rings (SSSR count). The third kappa shape index (κ3) is 3.91.